The molecule has 9 heteroatoms. The van der Waals surface area contributed by atoms with Gasteiger partial charge in [0.15, 0.2) is 5.69 Å². The number of nitrogens with one attached hydrogen (secondary N) is 1. The number of aromatic hydroxyl groups is 1. The van der Waals surface area contributed by atoms with Crippen LogP contribution in [0.4, 0.5) is 4.39 Å². The van der Waals surface area contributed by atoms with Crippen molar-refractivity contribution >= 4 is 11.8 Å². The van der Waals surface area contributed by atoms with Gasteiger partial charge in [-0.15, -0.1) is 0 Å². The van der Waals surface area contributed by atoms with Crippen LogP contribution in [0.5, 0.6) is 5.75 Å². The third-order valence-corrected chi connectivity index (χ3v) is 4.79. The SMILES string of the molecule is CCC1c2nc(C(=O)NCc3ccc(F)cc3)c(O)c(=O)n2CCN1C(C)=O. The number of carbonyl (C=O) groups excluding carboxylic acids is 2. The summed E-state index contributed by atoms with van der Waals surface area (Å²) < 4.78 is 14.3. The van der Waals surface area contributed by atoms with E-state index >= 15 is 0 Å². The first-order chi connectivity index (χ1) is 13.3. The smallest absolute Gasteiger partial charge is 0.296 e. The number of hydrogen-bond acceptors (Lipinski definition) is 5. The molecule has 2 N–H and O–H groups in total. The molecule has 1 atom stereocenters. The molecule has 0 saturated carbocycles. The summed E-state index contributed by atoms with van der Waals surface area (Å²) in [4.78, 5) is 42.8. The summed E-state index contributed by atoms with van der Waals surface area (Å²) in [5.74, 6) is -1.72. The van der Waals surface area contributed by atoms with Gasteiger partial charge in [-0.3, -0.25) is 19.0 Å². The van der Waals surface area contributed by atoms with Crippen LogP contribution in [0.2, 0.25) is 0 Å². The molecule has 3 rings (SSSR count). The zero-order valence-electron chi connectivity index (χ0n) is 15.6. The highest BCUT2D eigenvalue weighted by Gasteiger charge is 2.33. The number of benzene rings is 1. The van der Waals surface area contributed by atoms with Crippen molar-refractivity contribution in [1.82, 2.24) is 19.8 Å². The first-order valence-electron chi connectivity index (χ1n) is 8.97. The number of aromatic nitrogens is 2. The first kappa shape index (κ1) is 19.5. The quantitative estimate of drug-likeness (QED) is 0.822. The predicted molar refractivity (Wildman–Crippen MR) is 98.2 cm³/mol. The van der Waals surface area contributed by atoms with Crippen LogP contribution in [0.25, 0.3) is 0 Å². The molecule has 2 aromatic rings. The van der Waals surface area contributed by atoms with E-state index in [0.29, 0.717) is 18.5 Å². The summed E-state index contributed by atoms with van der Waals surface area (Å²) in [6, 6.07) is 5.11. The van der Waals surface area contributed by atoms with E-state index in [9.17, 15) is 23.9 Å². The van der Waals surface area contributed by atoms with Crippen molar-refractivity contribution in [2.75, 3.05) is 6.54 Å². The highest BCUT2D eigenvalue weighted by Crippen LogP contribution is 2.27. The first-order valence-corrected chi connectivity index (χ1v) is 8.97. The molecule has 0 bridgehead atoms. The molecule has 1 unspecified atom stereocenters. The minimum absolute atomic E-state index is 0.0788. The predicted octanol–water partition coefficient (Wildman–Crippen LogP) is 1.33. The Kier molecular flexibility index (Phi) is 5.43. The number of fused-ring (bicyclic) bond motifs is 1. The van der Waals surface area contributed by atoms with Gasteiger partial charge in [-0.25, -0.2) is 9.37 Å². The number of amides is 2. The van der Waals surface area contributed by atoms with E-state index in [1.54, 1.807) is 4.90 Å². The summed E-state index contributed by atoms with van der Waals surface area (Å²) >= 11 is 0. The molecule has 28 heavy (non-hydrogen) atoms. The lowest BCUT2D eigenvalue weighted by Crippen LogP contribution is -2.46. The molecular weight excluding hydrogens is 367 g/mol. The molecule has 0 spiro atoms. The van der Waals surface area contributed by atoms with Crippen molar-refractivity contribution in [3.8, 4) is 5.75 Å². The molecule has 1 aliphatic heterocycles. The van der Waals surface area contributed by atoms with Crippen molar-refractivity contribution in [2.45, 2.75) is 39.4 Å². The van der Waals surface area contributed by atoms with E-state index in [0.717, 1.165) is 0 Å². The van der Waals surface area contributed by atoms with Crippen LogP contribution < -0.4 is 10.9 Å². The molecule has 0 fully saturated rings. The fraction of sp³-hybridized carbons (Fsp3) is 0.368. The fourth-order valence-corrected chi connectivity index (χ4v) is 3.34. The topological polar surface area (TPSA) is 105 Å². The fourth-order valence-electron chi connectivity index (χ4n) is 3.34. The van der Waals surface area contributed by atoms with Crippen LogP contribution in [0, 0.1) is 5.82 Å². The molecule has 0 aliphatic carbocycles. The Morgan fingerprint density at radius 1 is 1.29 bits per heavy atom. The summed E-state index contributed by atoms with van der Waals surface area (Å²) in [6.07, 6.45) is 0.507. The summed E-state index contributed by atoms with van der Waals surface area (Å²) in [6.45, 7) is 3.90. The maximum absolute atomic E-state index is 13.0. The maximum Gasteiger partial charge on any atom is 0.296 e. The molecule has 0 radical (unpaired) electrons. The highest BCUT2D eigenvalue weighted by atomic mass is 19.1. The Labute approximate surface area is 160 Å². The minimum atomic E-state index is -0.730. The Morgan fingerprint density at radius 3 is 2.57 bits per heavy atom. The van der Waals surface area contributed by atoms with Crippen LogP contribution in [-0.2, 0) is 17.9 Å². The lowest BCUT2D eigenvalue weighted by Gasteiger charge is -2.36. The molecule has 2 amide bonds. The number of halogens is 1. The number of hydrogen-bond donors (Lipinski definition) is 2. The van der Waals surface area contributed by atoms with E-state index in [4.69, 9.17) is 0 Å². The van der Waals surface area contributed by atoms with E-state index < -0.39 is 29.1 Å². The van der Waals surface area contributed by atoms with E-state index in [2.05, 4.69) is 10.3 Å². The zero-order chi connectivity index (χ0) is 20.4. The van der Waals surface area contributed by atoms with E-state index in [-0.39, 0.29) is 30.5 Å². The van der Waals surface area contributed by atoms with Gasteiger partial charge in [0.1, 0.15) is 11.6 Å². The van der Waals surface area contributed by atoms with E-state index in [1.807, 2.05) is 6.92 Å². The number of rotatable bonds is 4. The second-order valence-corrected chi connectivity index (χ2v) is 6.57. The third-order valence-electron chi connectivity index (χ3n) is 4.79. The lowest BCUT2D eigenvalue weighted by molar-refractivity contribution is -0.132. The zero-order valence-corrected chi connectivity index (χ0v) is 15.6. The van der Waals surface area contributed by atoms with Gasteiger partial charge in [-0.2, -0.15) is 0 Å². The van der Waals surface area contributed by atoms with Crippen LogP contribution in [-0.4, -0.2) is 37.9 Å². The molecule has 1 aromatic heterocycles. The Balaban J connectivity index is 1.91. The van der Waals surface area contributed by atoms with Crippen LogP contribution in [0.15, 0.2) is 29.1 Å². The molecular formula is C19H21FN4O4. The Morgan fingerprint density at radius 2 is 1.96 bits per heavy atom. The molecule has 1 aromatic carbocycles. The van der Waals surface area contributed by atoms with Crippen molar-refractivity contribution in [2.24, 2.45) is 0 Å². The van der Waals surface area contributed by atoms with Crippen molar-refractivity contribution in [3.63, 3.8) is 0 Å². The van der Waals surface area contributed by atoms with Gasteiger partial charge in [0.2, 0.25) is 11.7 Å². The summed E-state index contributed by atoms with van der Waals surface area (Å²) in [5.41, 5.74) is -0.445. The van der Waals surface area contributed by atoms with Gasteiger partial charge < -0.3 is 15.3 Å². The average Bonchev–Trinajstić information content (AvgIpc) is 2.68. The van der Waals surface area contributed by atoms with Crippen molar-refractivity contribution in [3.05, 3.63) is 57.5 Å². The highest BCUT2D eigenvalue weighted by molar-refractivity contribution is 5.94. The van der Waals surface area contributed by atoms with Gasteiger partial charge in [0.05, 0.1) is 6.04 Å². The largest absolute Gasteiger partial charge is 0.501 e. The Hall–Kier alpha value is -3.23. The van der Waals surface area contributed by atoms with Gasteiger partial charge in [-0.05, 0) is 24.1 Å². The second kappa shape index (κ2) is 7.79. The number of carbonyl (C=O) groups is 2. The van der Waals surface area contributed by atoms with Gasteiger partial charge in [0.25, 0.3) is 11.5 Å². The van der Waals surface area contributed by atoms with Gasteiger partial charge in [-0.1, -0.05) is 19.1 Å². The van der Waals surface area contributed by atoms with Crippen LogP contribution in [0.3, 0.4) is 0 Å². The molecule has 2 heterocycles. The van der Waals surface area contributed by atoms with Crippen LogP contribution >= 0.6 is 0 Å². The normalized spacial score (nSPS) is 15.8. The van der Waals surface area contributed by atoms with Crippen molar-refractivity contribution in [1.29, 1.82) is 0 Å². The minimum Gasteiger partial charge on any atom is -0.501 e. The van der Waals surface area contributed by atoms with Gasteiger partial charge in [0, 0.05) is 26.6 Å². The standard InChI is InChI=1S/C19H21FN4O4/c1-3-14-17-22-15(18(27)21-10-12-4-6-13(20)7-5-12)16(26)19(28)24(17)9-8-23(14)11(2)25/h4-7,14,26H,3,8-10H2,1-2H3,(H,21,27). The van der Waals surface area contributed by atoms with Gasteiger partial charge >= 0.3 is 0 Å². The Bertz CT molecular complexity index is 971. The maximum atomic E-state index is 13.0. The monoisotopic (exact) mass is 388 g/mol. The lowest BCUT2D eigenvalue weighted by atomic mass is 10.1. The van der Waals surface area contributed by atoms with E-state index in [1.165, 1.54) is 35.8 Å². The van der Waals surface area contributed by atoms with Crippen LogP contribution in [0.1, 0.15) is 48.2 Å². The summed E-state index contributed by atoms with van der Waals surface area (Å²) in [7, 11) is 0. The molecule has 0 saturated heterocycles. The summed E-state index contributed by atoms with van der Waals surface area (Å²) in [5, 5.41) is 12.8. The number of nitrogens with zero attached hydrogens (tertiary/aromatic N) is 3. The second-order valence-electron chi connectivity index (χ2n) is 6.57. The van der Waals surface area contributed by atoms with Crippen molar-refractivity contribution < 1.29 is 19.1 Å². The molecule has 1 aliphatic rings. The average molecular weight is 388 g/mol. The third kappa shape index (κ3) is 3.60. The molecule has 8 nitrogen and oxygen atoms in total. The molecule has 148 valence electrons.